The first-order valence-electron chi connectivity index (χ1n) is 7.55. The quantitative estimate of drug-likeness (QED) is 0.579. The van der Waals surface area contributed by atoms with Gasteiger partial charge < -0.3 is 19.8 Å². The molecule has 0 aromatic carbocycles. The highest BCUT2D eigenvalue weighted by molar-refractivity contribution is 5.49. The van der Waals surface area contributed by atoms with Crippen molar-refractivity contribution in [2.45, 2.75) is 39.4 Å². The molecule has 0 aliphatic carbocycles. The minimum Gasteiger partial charge on any atom is -0.377 e. The Labute approximate surface area is 125 Å². The second-order valence-electron chi connectivity index (χ2n) is 4.97. The molecule has 21 heavy (non-hydrogen) atoms. The molecule has 0 saturated carbocycles. The van der Waals surface area contributed by atoms with Gasteiger partial charge in [0.1, 0.15) is 18.2 Å². The number of piperidine rings is 1. The lowest BCUT2D eigenvalue weighted by Gasteiger charge is -2.33. The molecule has 1 atom stereocenters. The molecule has 1 aliphatic heterocycles. The summed E-state index contributed by atoms with van der Waals surface area (Å²) in [5.41, 5.74) is 2.60. The number of nitrogens with one attached hydrogen (secondary N) is 1. The van der Waals surface area contributed by atoms with Crippen LogP contribution in [0.25, 0.3) is 0 Å². The molecule has 1 unspecified atom stereocenters. The van der Waals surface area contributed by atoms with Gasteiger partial charge >= 0.3 is 0 Å². The number of hydrazine groups is 1. The molecule has 1 aromatic rings. The molecular weight excluding hydrogens is 270 g/mol. The molecule has 118 valence electrons. The normalized spacial score (nSPS) is 18.8. The third kappa shape index (κ3) is 4.52. The van der Waals surface area contributed by atoms with Crippen LogP contribution in [0.15, 0.2) is 6.07 Å². The van der Waals surface area contributed by atoms with Crippen LogP contribution in [0, 0.1) is 0 Å². The minimum atomic E-state index is 0.267. The van der Waals surface area contributed by atoms with E-state index in [1.54, 1.807) is 0 Å². The van der Waals surface area contributed by atoms with E-state index in [1.165, 1.54) is 0 Å². The Bertz CT molecular complexity index is 441. The first kappa shape index (κ1) is 15.9. The molecule has 2 heterocycles. The largest absolute Gasteiger partial charge is 0.377 e. The van der Waals surface area contributed by atoms with Crippen LogP contribution >= 0.6 is 0 Å². The maximum atomic E-state index is 5.74. The zero-order valence-corrected chi connectivity index (χ0v) is 12.8. The summed E-state index contributed by atoms with van der Waals surface area (Å²) in [5.74, 6) is 7.61. The van der Waals surface area contributed by atoms with E-state index in [2.05, 4.69) is 20.3 Å². The number of nitrogens with two attached hydrogens (primary N) is 1. The number of hydrogen-bond donors (Lipinski definition) is 2. The number of hydrogen-bond acceptors (Lipinski definition) is 7. The fraction of sp³-hybridized carbons (Fsp3) is 0.714. The maximum absolute atomic E-state index is 5.74. The molecule has 1 fully saturated rings. The lowest BCUT2D eigenvalue weighted by molar-refractivity contribution is 0.0525. The Morgan fingerprint density at radius 2 is 2.24 bits per heavy atom. The minimum absolute atomic E-state index is 0.267. The molecule has 7 nitrogen and oxygen atoms in total. The average molecular weight is 295 g/mol. The van der Waals surface area contributed by atoms with Crippen LogP contribution in [0.3, 0.4) is 0 Å². The van der Waals surface area contributed by atoms with Crippen LogP contribution in [0.4, 0.5) is 11.6 Å². The van der Waals surface area contributed by atoms with Gasteiger partial charge in [-0.25, -0.2) is 15.8 Å². The standard InChI is InChI=1S/C14H25N5O2/c1-3-20-10-13-16-12(18-15)8-14(17-13)19-7-5-6-11(9-19)21-4-2/h8,11H,3-7,9-10,15H2,1-2H3,(H,16,17,18). The average Bonchev–Trinajstić information content (AvgIpc) is 2.53. The van der Waals surface area contributed by atoms with E-state index in [-0.39, 0.29) is 6.10 Å². The van der Waals surface area contributed by atoms with Crippen LogP contribution in [0.1, 0.15) is 32.5 Å². The third-order valence-corrected chi connectivity index (χ3v) is 3.45. The van der Waals surface area contributed by atoms with E-state index in [0.29, 0.717) is 24.9 Å². The molecule has 1 aromatic heterocycles. The highest BCUT2D eigenvalue weighted by Crippen LogP contribution is 2.22. The summed E-state index contributed by atoms with van der Waals surface area (Å²) >= 11 is 0. The van der Waals surface area contributed by atoms with Gasteiger partial charge in [-0.05, 0) is 26.7 Å². The molecule has 0 amide bonds. The van der Waals surface area contributed by atoms with Crippen molar-refractivity contribution in [3.8, 4) is 0 Å². The van der Waals surface area contributed by atoms with Gasteiger partial charge in [-0.15, -0.1) is 0 Å². The van der Waals surface area contributed by atoms with Gasteiger partial charge in [-0.2, -0.15) is 0 Å². The molecular formula is C14H25N5O2. The van der Waals surface area contributed by atoms with Crippen molar-refractivity contribution in [3.63, 3.8) is 0 Å². The second kappa shape index (κ2) is 8.11. The lowest BCUT2D eigenvalue weighted by atomic mass is 10.1. The molecule has 0 bridgehead atoms. The Morgan fingerprint density at radius 1 is 1.38 bits per heavy atom. The smallest absolute Gasteiger partial charge is 0.158 e. The maximum Gasteiger partial charge on any atom is 0.158 e. The van der Waals surface area contributed by atoms with Gasteiger partial charge in [-0.1, -0.05) is 0 Å². The number of nitrogens with zero attached hydrogens (tertiary/aromatic N) is 3. The Morgan fingerprint density at radius 3 is 2.95 bits per heavy atom. The van der Waals surface area contributed by atoms with Crippen molar-refractivity contribution in [1.82, 2.24) is 9.97 Å². The van der Waals surface area contributed by atoms with Crippen LogP contribution in [-0.2, 0) is 16.1 Å². The van der Waals surface area contributed by atoms with E-state index in [4.69, 9.17) is 15.3 Å². The zero-order valence-electron chi connectivity index (χ0n) is 12.8. The van der Waals surface area contributed by atoms with Crippen molar-refractivity contribution >= 4 is 11.6 Å². The number of anilines is 2. The predicted molar refractivity (Wildman–Crippen MR) is 82.0 cm³/mol. The third-order valence-electron chi connectivity index (χ3n) is 3.45. The van der Waals surface area contributed by atoms with Crippen molar-refractivity contribution in [3.05, 3.63) is 11.9 Å². The van der Waals surface area contributed by atoms with E-state index in [1.807, 2.05) is 19.9 Å². The highest BCUT2D eigenvalue weighted by atomic mass is 16.5. The van der Waals surface area contributed by atoms with Gasteiger partial charge in [0, 0.05) is 32.4 Å². The van der Waals surface area contributed by atoms with E-state index in [9.17, 15) is 0 Å². The first-order valence-corrected chi connectivity index (χ1v) is 7.55. The number of nitrogen functional groups attached to an aromatic ring is 1. The lowest BCUT2D eigenvalue weighted by Crippen LogP contribution is -2.40. The summed E-state index contributed by atoms with van der Waals surface area (Å²) in [6, 6.07) is 1.86. The molecule has 0 radical (unpaired) electrons. The van der Waals surface area contributed by atoms with Crippen molar-refractivity contribution in [1.29, 1.82) is 0 Å². The molecule has 1 aliphatic rings. The molecule has 7 heteroatoms. The summed E-state index contributed by atoms with van der Waals surface area (Å²) in [5, 5.41) is 0. The molecule has 3 N–H and O–H groups in total. The van der Waals surface area contributed by atoms with Gasteiger partial charge in [0.15, 0.2) is 5.82 Å². The fourth-order valence-corrected chi connectivity index (χ4v) is 2.49. The van der Waals surface area contributed by atoms with Crippen LogP contribution in [0.5, 0.6) is 0 Å². The second-order valence-corrected chi connectivity index (χ2v) is 4.97. The van der Waals surface area contributed by atoms with Gasteiger partial charge in [0.25, 0.3) is 0 Å². The summed E-state index contributed by atoms with van der Waals surface area (Å²) in [6.45, 7) is 7.56. The van der Waals surface area contributed by atoms with Crippen LogP contribution < -0.4 is 16.2 Å². The fourth-order valence-electron chi connectivity index (χ4n) is 2.49. The van der Waals surface area contributed by atoms with E-state index >= 15 is 0 Å². The Hall–Kier alpha value is -1.44. The monoisotopic (exact) mass is 295 g/mol. The summed E-state index contributed by atoms with van der Waals surface area (Å²) in [4.78, 5) is 11.1. The van der Waals surface area contributed by atoms with E-state index < -0.39 is 0 Å². The molecule has 0 spiro atoms. The summed E-state index contributed by atoms with van der Waals surface area (Å²) in [6.07, 6.45) is 2.47. The van der Waals surface area contributed by atoms with Crippen LogP contribution in [0.2, 0.25) is 0 Å². The summed E-state index contributed by atoms with van der Waals surface area (Å²) < 4.78 is 11.1. The van der Waals surface area contributed by atoms with Crippen molar-refractivity contribution in [2.24, 2.45) is 5.84 Å². The predicted octanol–water partition coefficient (Wildman–Crippen LogP) is 1.30. The van der Waals surface area contributed by atoms with Crippen LogP contribution in [-0.4, -0.2) is 42.4 Å². The Balaban J connectivity index is 2.13. The van der Waals surface area contributed by atoms with Crippen molar-refractivity contribution in [2.75, 3.05) is 36.6 Å². The molecule has 2 rings (SSSR count). The first-order chi connectivity index (χ1) is 10.3. The van der Waals surface area contributed by atoms with Gasteiger partial charge in [0.2, 0.25) is 0 Å². The van der Waals surface area contributed by atoms with E-state index in [0.717, 1.165) is 38.4 Å². The van der Waals surface area contributed by atoms with Gasteiger partial charge in [0.05, 0.1) is 6.10 Å². The number of aromatic nitrogens is 2. The highest BCUT2D eigenvalue weighted by Gasteiger charge is 2.22. The summed E-state index contributed by atoms with van der Waals surface area (Å²) in [7, 11) is 0. The molecule has 1 saturated heterocycles. The Kier molecular flexibility index (Phi) is 6.16. The van der Waals surface area contributed by atoms with Gasteiger partial charge in [-0.3, -0.25) is 0 Å². The topological polar surface area (TPSA) is 85.5 Å². The number of rotatable bonds is 7. The SMILES string of the molecule is CCOCc1nc(NN)cc(N2CCCC(OCC)C2)n1. The van der Waals surface area contributed by atoms with Crippen molar-refractivity contribution < 1.29 is 9.47 Å². The zero-order chi connectivity index (χ0) is 15.1. The number of ether oxygens (including phenoxy) is 2.